The maximum absolute atomic E-state index is 12.0. The van der Waals surface area contributed by atoms with E-state index in [4.69, 9.17) is 10.2 Å². The number of alkyl halides is 2. The Morgan fingerprint density at radius 2 is 2.06 bits per heavy atom. The summed E-state index contributed by atoms with van der Waals surface area (Å²) in [4.78, 5) is 0. The van der Waals surface area contributed by atoms with Crippen LogP contribution in [-0.4, -0.2) is 36.1 Å². The molecule has 0 aromatic heterocycles. The van der Waals surface area contributed by atoms with Gasteiger partial charge in [0.05, 0.1) is 12.7 Å². The first-order chi connectivity index (χ1) is 8.01. The molecular weight excluding hydrogens is 300 g/mol. The molecule has 96 valence electrons. The van der Waals surface area contributed by atoms with Gasteiger partial charge in [0.15, 0.2) is 0 Å². The molecule has 0 aliphatic heterocycles. The van der Waals surface area contributed by atoms with Gasteiger partial charge in [-0.15, -0.1) is 0 Å². The molecule has 1 rings (SSSR count). The molecule has 0 aliphatic carbocycles. The van der Waals surface area contributed by atoms with E-state index < -0.39 is 12.7 Å². The average molecular weight is 312 g/mol. The number of nitrogens with one attached hydrogen (secondary N) is 1. The Morgan fingerprint density at radius 3 is 2.65 bits per heavy atom. The summed E-state index contributed by atoms with van der Waals surface area (Å²) in [5, 5.41) is 20.5. The molecular formula is C10H12BrF2NO3. The molecule has 4 nitrogen and oxygen atoms in total. The molecule has 0 saturated carbocycles. The fourth-order valence-electron chi connectivity index (χ4n) is 1.14. The second-order valence-corrected chi connectivity index (χ2v) is 4.19. The smallest absolute Gasteiger partial charge is 0.387 e. The zero-order valence-electron chi connectivity index (χ0n) is 8.74. The minimum atomic E-state index is -2.89. The quantitative estimate of drug-likeness (QED) is 0.750. The van der Waals surface area contributed by atoms with Gasteiger partial charge in [0.1, 0.15) is 5.75 Å². The zero-order chi connectivity index (χ0) is 12.8. The van der Waals surface area contributed by atoms with E-state index in [1.54, 1.807) is 6.07 Å². The van der Waals surface area contributed by atoms with E-state index in [9.17, 15) is 8.78 Å². The largest absolute Gasteiger partial charge is 0.435 e. The van der Waals surface area contributed by atoms with Crippen LogP contribution in [0.2, 0.25) is 0 Å². The Kier molecular flexibility index (Phi) is 5.60. The Labute approximate surface area is 105 Å². The maximum atomic E-state index is 12.0. The van der Waals surface area contributed by atoms with Gasteiger partial charge in [-0.2, -0.15) is 8.78 Å². The highest BCUT2D eigenvalue weighted by Gasteiger charge is 2.07. The molecule has 17 heavy (non-hydrogen) atoms. The van der Waals surface area contributed by atoms with Gasteiger partial charge in [-0.1, -0.05) is 15.9 Å². The van der Waals surface area contributed by atoms with Gasteiger partial charge in [-0.3, -0.25) is 0 Å². The lowest BCUT2D eigenvalue weighted by molar-refractivity contribution is -0.0498. The predicted octanol–water partition coefficient (Wildman–Crippen LogP) is 1.82. The van der Waals surface area contributed by atoms with Crippen LogP contribution in [0.4, 0.5) is 14.5 Å². The van der Waals surface area contributed by atoms with E-state index in [1.807, 2.05) is 0 Å². The lowest BCUT2D eigenvalue weighted by Gasteiger charge is -2.12. The van der Waals surface area contributed by atoms with Crippen molar-refractivity contribution < 1.29 is 23.7 Å². The normalized spacial score (nSPS) is 12.6. The number of anilines is 1. The number of ether oxygens (including phenoxy) is 1. The second-order valence-electron chi connectivity index (χ2n) is 3.27. The fourth-order valence-corrected chi connectivity index (χ4v) is 1.61. The van der Waals surface area contributed by atoms with Crippen LogP contribution in [0.25, 0.3) is 0 Å². The molecule has 1 unspecified atom stereocenters. The Morgan fingerprint density at radius 1 is 1.35 bits per heavy atom. The van der Waals surface area contributed by atoms with E-state index >= 15 is 0 Å². The standard InChI is InChI=1S/C10H12BrF2NO3/c11-6-1-7(14-4-8(16)5-15)3-9(2-6)17-10(12)13/h1-3,8,10,14-16H,4-5H2. The molecule has 3 N–H and O–H groups in total. The average Bonchev–Trinajstić information content (AvgIpc) is 2.24. The van der Waals surface area contributed by atoms with Crippen molar-refractivity contribution in [3.05, 3.63) is 22.7 Å². The van der Waals surface area contributed by atoms with Crippen LogP contribution in [0.5, 0.6) is 5.75 Å². The van der Waals surface area contributed by atoms with E-state index in [0.29, 0.717) is 10.2 Å². The number of aliphatic hydroxyl groups is 2. The van der Waals surface area contributed by atoms with Crippen LogP contribution < -0.4 is 10.1 Å². The third-order valence-corrected chi connectivity index (χ3v) is 2.31. The molecule has 1 aromatic rings. The maximum Gasteiger partial charge on any atom is 0.387 e. The molecule has 0 saturated heterocycles. The SMILES string of the molecule is OCC(O)CNc1cc(Br)cc(OC(F)F)c1. The molecule has 0 heterocycles. The first kappa shape index (κ1) is 14.1. The summed E-state index contributed by atoms with van der Waals surface area (Å²) in [6.45, 7) is -3.15. The molecule has 0 amide bonds. The van der Waals surface area contributed by atoms with Crippen molar-refractivity contribution in [1.29, 1.82) is 0 Å². The van der Waals surface area contributed by atoms with E-state index in [2.05, 4.69) is 26.0 Å². The third-order valence-electron chi connectivity index (χ3n) is 1.85. The topological polar surface area (TPSA) is 61.7 Å². The van der Waals surface area contributed by atoms with Crippen molar-refractivity contribution >= 4 is 21.6 Å². The van der Waals surface area contributed by atoms with Crippen molar-refractivity contribution in [2.75, 3.05) is 18.5 Å². The number of aliphatic hydroxyl groups excluding tert-OH is 2. The van der Waals surface area contributed by atoms with Gasteiger partial charge < -0.3 is 20.3 Å². The molecule has 0 fully saturated rings. The van der Waals surface area contributed by atoms with Gasteiger partial charge >= 0.3 is 6.61 Å². The predicted molar refractivity (Wildman–Crippen MR) is 62.4 cm³/mol. The molecule has 7 heteroatoms. The highest BCUT2D eigenvalue weighted by Crippen LogP contribution is 2.25. The monoisotopic (exact) mass is 311 g/mol. The highest BCUT2D eigenvalue weighted by atomic mass is 79.9. The van der Waals surface area contributed by atoms with Gasteiger partial charge in [0.2, 0.25) is 0 Å². The van der Waals surface area contributed by atoms with E-state index in [0.717, 1.165) is 0 Å². The van der Waals surface area contributed by atoms with Crippen LogP contribution in [-0.2, 0) is 0 Å². The minimum Gasteiger partial charge on any atom is -0.435 e. The summed E-state index contributed by atoms with van der Waals surface area (Å²) >= 11 is 3.15. The van der Waals surface area contributed by atoms with Crippen molar-refractivity contribution in [3.8, 4) is 5.75 Å². The minimum absolute atomic E-state index is 0.00960. The number of hydrogen-bond donors (Lipinski definition) is 3. The van der Waals surface area contributed by atoms with Crippen LogP contribution >= 0.6 is 15.9 Å². The van der Waals surface area contributed by atoms with Crippen molar-refractivity contribution in [1.82, 2.24) is 0 Å². The summed E-state index contributed by atoms with van der Waals surface area (Å²) in [6, 6.07) is 4.42. The molecule has 0 bridgehead atoms. The summed E-state index contributed by atoms with van der Waals surface area (Å²) in [7, 11) is 0. The van der Waals surface area contributed by atoms with Gasteiger partial charge in [-0.05, 0) is 12.1 Å². The van der Waals surface area contributed by atoms with Gasteiger partial charge in [0.25, 0.3) is 0 Å². The van der Waals surface area contributed by atoms with Crippen molar-refractivity contribution in [3.63, 3.8) is 0 Å². The molecule has 0 spiro atoms. The zero-order valence-corrected chi connectivity index (χ0v) is 10.3. The number of rotatable bonds is 6. The Balaban J connectivity index is 2.68. The van der Waals surface area contributed by atoms with Gasteiger partial charge in [0, 0.05) is 22.8 Å². The molecule has 1 atom stereocenters. The lowest BCUT2D eigenvalue weighted by atomic mass is 10.3. The second kappa shape index (κ2) is 6.73. The van der Waals surface area contributed by atoms with E-state index in [-0.39, 0.29) is 18.9 Å². The molecule has 0 aliphatic rings. The van der Waals surface area contributed by atoms with E-state index in [1.165, 1.54) is 12.1 Å². The van der Waals surface area contributed by atoms with Crippen molar-refractivity contribution in [2.45, 2.75) is 12.7 Å². The summed E-state index contributed by atoms with van der Waals surface area (Å²) in [5.74, 6) is 0.00960. The van der Waals surface area contributed by atoms with Crippen LogP contribution in [0.3, 0.4) is 0 Å². The fraction of sp³-hybridized carbons (Fsp3) is 0.400. The molecule has 1 aromatic carbocycles. The van der Waals surface area contributed by atoms with Crippen LogP contribution in [0.1, 0.15) is 0 Å². The third kappa shape index (κ3) is 5.29. The molecule has 0 radical (unpaired) electrons. The highest BCUT2D eigenvalue weighted by molar-refractivity contribution is 9.10. The number of hydrogen-bond acceptors (Lipinski definition) is 4. The Hall–Kier alpha value is -0.920. The van der Waals surface area contributed by atoms with Crippen LogP contribution in [0.15, 0.2) is 22.7 Å². The lowest BCUT2D eigenvalue weighted by Crippen LogP contribution is -2.22. The van der Waals surface area contributed by atoms with Crippen LogP contribution in [0, 0.1) is 0 Å². The van der Waals surface area contributed by atoms with Crippen molar-refractivity contribution in [2.24, 2.45) is 0 Å². The first-order valence-electron chi connectivity index (χ1n) is 4.79. The first-order valence-corrected chi connectivity index (χ1v) is 5.58. The number of benzene rings is 1. The van der Waals surface area contributed by atoms with Gasteiger partial charge in [-0.25, -0.2) is 0 Å². The Bertz CT molecular complexity index is 365. The summed E-state index contributed by atoms with van der Waals surface area (Å²) in [6.07, 6.45) is -0.909. The summed E-state index contributed by atoms with van der Waals surface area (Å²) in [5.41, 5.74) is 0.502. The summed E-state index contributed by atoms with van der Waals surface area (Å²) < 4.78 is 28.9. The number of halogens is 3.